The number of nitrogens with one attached hydrogen (secondary N) is 2. The standard InChI is InChI=1S/C19H20F2N4OS/c1-12-8-16(22-17(9-12)25-10-19(20,21)11-25)23-18(26)13-2-4-14(5-3-13)24-27-15-6-7-15/h2-5,8-9,15,24H,6-7,10-11H2,1H3,(H,22,23,26). The van der Waals surface area contributed by atoms with E-state index >= 15 is 0 Å². The van der Waals surface area contributed by atoms with Crippen LogP contribution in [0.3, 0.4) is 0 Å². The van der Waals surface area contributed by atoms with Crippen LogP contribution >= 0.6 is 11.9 Å². The maximum atomic E-state index is 13.1. The highest BCUT2D eigenvalue weighted by atomic mass is 32.2. The average Bonchev–Trinajstić information content (AvgIpc) is 3.42. The van der Waals surface area contributed by atoms with Crippen molar-refractivity contribution in [1.82, 2.24) is 4.98 Å². The minimum atomic E-state index is -2.66. The van der Waals surface area contributed by atoms with Crippen LogP contribution < -0.4 is 14.9 Å². The van der Waals surface area contributed by atoms with Crippen LogP contribution in [0.2, 0.25) is 0 Å². The van der Waals surface area contributed by atoms with Gasteiger partial charge in [-0.15, -0.1) is 0 Å². The molecule has 4 rings (SSSR count). The molecule has 142 valence electrons. The number of carbonyl (C=O) groups is 1. The van der Waals surface area contributed by atoms with Crippen molar-refractivity contribution in [3.63, 3.8) is 0 Å². The first-order valence-corrected chi connectivity index (χ1v) is 9.70. The Hall–Kier alpha value is -2.35. The van der Waals surface area contributed by atoms with Crippen molar-refractivity contribution in [2.24, 2.45) is 0 Å². The van der Waals surface area contributed by atoms with Crippen LogP contribution in [-0.2, 0) is 0 Å². The van der Waals surface area contributed by atoms with E-state index in [9.17, 15) is 13.6 Å². The minimum absolute atomic E-state index is 0.283. The highest BCUT2D eigenvalue weighted by molar-refractivity contribution is 8.01. The minimum Gasteiger partial charge on any atom is -0.344 e. The first-order chi connectivity index (χ1) is 12.9. The van der Waals surface area contributed by atoms with Crippen molar-refractivity contribution in [3.05, 3.63) is 47.5 Å². The summed E-state index contributed by atoms with van der Waals surface area (Å²) in [5.41, 5.74) is 2.32. The Morgan fingerprint density at radius 2 is 1.93 bits per heavy atom. The van der Waals surface area contributed by atoms with Gasteiger partial charge in [-0.1, -0.05) is 0 Å². The molecular formula is C19H20F2N4OS. The predicted molar refractivity (Wildman–Crippen MR) is 105 cm³/mol. The number of pyridine rings is 1. The summed E-state index contributed by atoms with van der Waals surface area (Å²) in [6, 6.07) is 10.7. The number of halogens is 2. The number of nitrogens with zero attached hydrogens (tertiary/aromatic N) is 2. The van der Waals surface area contributed by atoms with Crippen molar-refractivity contribution < 1.29 is 13.6 Å². The molecule has 0 bridgehead atoms. The Kier molecular flexibility index (Phi) is 4.67. The zero-order chi connectivity index (χ0) is 19.0. The van der Waals surface area contributed by atoms with Crippen molar-refractivity contribution in [1.29, 1.82) is 0 Å². The second-order valence-corrected chi connectivity index (χ2v) is 8.16. The van der Waals surface area contributed by atoms with Crippen molar-refractivity contribution in [3.8, 4) is 0 Å². The smallest absolute Gasteiger partial charge is 0.282 e. The Balaban J connectivity index is 1.40. The molecule has 0 atom stereocenters. The summed E-state index contributed by atoms with van der Waals surface area (Å²) in [5, 5.41) is 3.45. The SMILES string of the molecule is Cc1cc(NC(=O)c2ccc(NSC3CC3)cc2)nc(N2CC(F)(F)C2)c1. The van der Waals surface area contributed by atoms with Gasteiger partial charge in [-0.05, 0) is 73.7 Å². The fourth-order valence-electron chi connectivity index (χ4n) is 2.76. The summed E-state index contributed by atoms with van der Waals surface area (Å²) in [4.78, 5) is 18.3. The molecule has 2 heterocycles. The number of amides is 1. The van der Waals surface area contributed by atoms with Crippen LogP contribution in [0.4, 0.5) is 26.1 Å². The van der Waals surface area contributed by atoms with Gasteiger partial charge in [0.2, 0.25) is 0 Å². The van der Waals surface area contributed by atoms with Crippen LogP contribution in [0.25, 0.3) is 0 Å². The van der Waals surface area contributed by atoms with Gasteiger partial charge in [0, 0.05) is 16.5 Å². The number of hydrogen-bond donors (Lipinski definition) is 2. The molecule has 2 fully saturated rings. The third-order valence-corrected chi connectivity index (χ3v) is 5.54. The normalized spacial score (nSPS) is 18.0. The van der Waals surface area contributed by atoms with E-state index in [0.29, 0.717) is 22.4 Å². The second kappa shape index (κ2) is 6.99. The second-order valence-electron chi connectivity index (χ2n) is 7.05. The largest absolute Gasteiger partial charge is 0.344 e. The van der Waals surface area contributed by atoms with E-state index in [0.717, 1.165) is 11.3 Å². The molecule has 1 saturated carbocycles. The maximum Gasteiger partial charge on any atom is 0.282 e. The van der Waals surface area contributed by atoms with E-state index in [1.165, 1.54) is 17.7 Å². The van der Waals surface area contributed by atoms with E-state index < -0.39 is 5.92 Å². The van der Waals surface area contributed by atoms with Gasteiger partial charge in [0.25, 0.3) is 11.8 Å². The Morgan fingerprint density at radius 3 is 2.56 bits per heavy atom. The number of carbonyl (C=O) groups excluding carboxylic acids is 1. The molecular weight excluding hydrogens is 370 g/mol. The van der Waals surface area contributed by atoms with Gasteiger partial charge in [0.1, 0.15) is 11.6 Å². The van der Waals surface area contributed by atoms with Crippen LogP contribution in [0.15, 0.2) is 36.4 Å². The lowest BCUT2D eigenvalue weighted by molar-refractivity contribution is -0.0267. The van der Waals surface area contributed by atoms with Gasteiger partial charge in [0.05, 0.1) is 13.1 Å². The van der Waals surface area contributed by atoms with E-state index in [2.05, 4.69) is 15.0 Å². The number of benzene rings is 1. The average molecular weight is 390 g/mol. The third kappa shape index (κ3) is 4.50. The summed E-state index contributed by atoms with van der Waals surface area (Å²) in [6.07, 6.45) is 2.50. The molecule has 0 radical (unpaired) electrons. The van der Waals surface area contributed by atoms with Crippen LogP contribution in [-0.4, -0.2) is 35.2 Å². The molecule has 5 nitrogen and oxygen atoms in total. The zero-order valence-electron chi connectivity index (χ0n) is 14.8. The van der Waals surface area contributed by atoms with Crippen LogP contribution in [0.1, 0.15) is 28.8 Å². The molecule has 0 spiro atoms. The van der Waals surface area contributed by atoms with E-state index in [1.807, 2.05) is 19.1 Å². The highest BCUT2D eigenvalue weighted by Crippen LogP contribution is 2.34. The molecule has 0 unspecified atom stereocenters. The summed E-state index contributed by atoms with van der Waals surface area (Å²) in [7, 11) is 0. The molecule has 2 aromatic rings. The molecule has 27 heavy (non-hydrogen) atoms. The molecule has 1 amide bonds. The third-order valence-electron chi connectivity index (χ3n) is 4.38. The number of alkyl halides is 2. The van der Waals surface area contributed by atoms with Crippen molar-refractivity contribution >= 4 is 35.2 Å². The monoisotopic (exact) mass is 390 g/mol. The first-order valence-electron chi connectivity index (χ1n) is 8.82. The molecule has 1 aliphatic carbocycles. The van der Waals surface area contributed by atoms with E-state index in [1.54, 1.807) is 36.2 Å². The lowest BCUT2D eigenvalue weighted by Crippen LogP contribution is -2.56. The highest BCUT2D eigenvalue weighted by Gasteiger charge is 2.44. The first kappa shape index (κ1) is 18.0. The van der Waals surface area contributed by atoms with Gasteiger partial charge >= 0.3 is 0 Å². The van der Waals surface area contributed by atoms with Crippen LogP contribution in [0.5, 0.6) is 0 Å². The zero-order valence-corrected chi connectivity index (χ0v) is 15.7. The fourth-order valence-corrected chi connectivity index (χ4v) is 3.58. The molecule has 1 aromatic heterocycles. The van der Waals surface area contributed by atoms with Gasteiger partial charge in [-0.3, -0.25) is 4.79 Å². The van der Waals surface area contributed by atoms with Gasteiger partial charge in [0.15, 0.2) is 0 Å². The summed E-state index contributed by atoms with van der Waals surface area (Å²) < 4.78 is 29.5. The van der Waals surface area contributed by atoms with Crippen molar-refractivity contribution in [2.45, 2.75) is 30.9 Å². The molecule has 1 saturated heterocycles. The summed E-state index contributed by atoms with van der Waals surface area (Å²) >= 11 is 1.71. The number of aromatic nitrogens is 1. The molecule has 8 heteroatoms. The molecule has 1 aromatic carbocycles. The number of anilines is 3. The lowest BCUT2D eigenvalue weighted by Gasteiger charge is -2.39. The summed E-state index contributed by atoms with van der Waals surface area (Å²) in [5.74, 6) is -2.14. The van der Waals surface area contributed by atoms with E-state index in [-0.39, 0.29) is 19.0 Å². The quantitative estimate of drug-likeness (QED) is 0.720. The van der Waals surface area contributed by atoms with Crippen molar-refractivity contribution in [2.75, 3.05) is 28.0 Å². The fraction of sp³-hybridized carbons (Fsp3) is 0.368. The lowest BCUT2D eigenvalue weighted by atomic mass is 10.1. The number of aryl methyl sites for hydroxylation is 1. The predicted octanol–water partition coefficient (Wildman–Crippen LogP) is 4.32. The maximum absolute atomic E-state index is 13.1. The Bertz CT molecular complexity index is 847. The van der Waals surface area contributed by atoms with E-state index in [4.69, 9.17) is 0 Å². The molecule has 2 aliphatic rings. The molecule has 1 aliphatic heterocycles. The Labute approximate surface area is 160 Å². The van der Waals surface area contributed by atoms with Gasteiger partial charge in [-0.25, -0.2) is 13.8 Å². The molecule has 2 N–H and O–H groups in total. The number of rotatable bonds is 6. The Morgan fingerprint density at radius 1 is 1.22 bits per heavy atom. The van der Waals surface area contributed by atoms with Gasteiger partial charge in [-0.2, -0.15) is 0 Å². The van der Waals surface area contributed by atoms with Gasteiger partial charge < -0.3 is 14.9 Å². The summed E-state index contributed by atoms with van der Waals surface area (Å²) in [6.45, 7) is 1.16. The number of hydrogen-bond acceptors (Lipinski definition) is 5. The van der Waals surface area contributed by atoms with Crippen LogP contribution in [0, 0.1) is 6.92 Å². The topological polar surface area (TPSA) is 57.3 Å².